The Kier molecular flexibility index (Phi) is 5.70. The monoisotopic (exact) mass is 377 g/mol. The first-order chi connectivity index (χ1) is 12.5. The van der Waals surface area contributed by atoms with Gasteiger partial charge in [-0.2, -0.15) is 0 Å². The number of aryl methyl sites for hydroxylation is 2. The molecule has 1 saturated carbocycles. The summed E-state index contributed by atoms with van der Waals surface area (Å²) in [7, 11) is 0. The van der Waals surface area contributed by atoms with Crippen LogP contribution in [0.3, 0.4) is 0 Å². The van der Waals surface area contributed by atoms with Crippen LogP contribution in [-0.2, 0) is 9.53 Å². The highest BCUT2D eigenvalue weighted by atomic mass is 32.1. The van der Waals surface area contributed by atoms with Crippen molar-refractivity contribution >= 4 is 28.3 Å². The van der Waals surface area contributed by atoms with Gasteiger partial charge in [-0.05, 0) is 33.6 Å². The third-order valence-electron chi connectivity index (χ3n) is 4.67. The summed E-state index contributed by atoms with van der Waals surface area (Å²) in [5.41, 5.74) is 0.735. The van der Waals surface area contributed by atoms with Crippen molar-refractivity contribution in [3.63, 3.8) is 0 Å². The Bertz CT molecular complexity index is 746. The summed E-state index contributed by atoms with van der Waals surface area (Å²) < 4.78 is 10.4. The lowest BCUT2D eigenvalue weighted by atomic mass is 9.94. The summed E-state index contributed by atoms with van der Waals surface area (Å²) in [6, 6.07) is 0.0996. The van der Waals surface area contributed by atoms with Gasteiger partial charge in [0.15, 0.2) is 11.2 Å². The lowest BCUT2D eigenvalue weighted by Gasteiger charge is -2.33. The standard InChI is InChI=1S/C18H23N3O4S/c1-11-15(12(2)25-20-11)17(23)24-13(3)16(22)21(18-19-9-10-26-18)14-7-5-4-6-8-14/h9-10,13-14H,4-8H2,1-3H3. The smallest absolute Gasteiger partial charge is 0.344 e. The van der Waals surface area contributed by atoms with Crippen molar-refractivity contribution in [3.05, 3.63) is 28.6 Å². The van der Waals surface area contributed by atoms with Crippen molar-refractivity contribution in [1.82, 2.24) is 10.1 Å². The quantitative estimate of drug-likeness (QED) is 0.739. The Morgan fingerprint density at radius 1 is 1.31 bits per heavy atom. The fraction of sp³-hybridized carbons (Fsp3) is 0.556. The second-order valence-electron chi connectivity index (χ2n) is 6.56. The van der Waals surface area contributed by atoms with Crippen molar-refractivity contribution in [2.24, 2.45) is 0 Å². The molecule has 1 aliphatic rings. The molecule has 140 valence electrons. The van der Waals surface area contributed by atoms with Crippen molar-refractivity contribution in [1.29, 1.82) is 0 Å². The van der Waals surface area contributed by atoms with Crippen LogP contribution in [0.1, 0.15) is 60.8 Å². The molecule has 7 nitrogen and oxygen atoms in total. The maximum Gasteiger partial charge on any atom is 0.344 e. The largest absolute Gasteiger partial charge is 0.449 e. The summed E-state index contributed by atoms with van der Waals surface area (Å²) in [5.74, 6) is -0.451. The molecular formula is C18H23N3O4S. The predicted octanol–water partition coefficient (Wildman–Crippen LogP) is 3.66. The average molecular weight is 377 g/mol. The number of hydrogen-bond donors (Lipinski definition) is 0. The third-order valence-corrected chi connectivity index (χ3v) is 5.44. The normalized spacial score (nSPS) is 16.3. The van der Waals surface area contributed by atoms with Crippen LogP contribution in [0.15, 0.2) is 16.1 Å². The van der Waals surface area contributed by atoms with E-state index in [0.29, 0.717) is 16.6 Å². The van der Waals surface area contributed by atoms with E-state index in [-0.39, 0.29) is 17.5 Å². The van der Waals surface area contributed by atoms with Crippen molar-refractivity contribution < 1.29 is 18.8 Å². The maximum atomic E-state index is 13.1. The minimum atomic E-state index is -0.915. The Morgan fingerprint density at radius 2 is 2.04 bits per heavy atom. The number of carbonyl (C=O) groups excluding carboxylic acids is 2. The molecule has 0 saturated heterocycles. The summed E-state index contributed by atoms with van der Waals surface area (Å²) in [6.07, 6.45) is 6.02. The number of aromatic nitrogens is 2. The first kappa shape index (κ1) is 18.6. The molecule has 1 aliphatic carbocycles. The molecular weight excluding hydrogens is 354 g/mol. The van der Waals surface area contributed by atoms with E-state index in [4.69, 9.17) is 9.26 Å². The molecule has 3 rings (SSSR count). The van der Waals surface area contributed by atoms with Gasteiger partial charge < -0.3 is 9.26 Å². The molecule has 1 fully saturated rings. The maximum absolute atomic E-state index is 13.1. The van der Waals surface area contributed by atoms with Crippen LogP contribution in [-0.4, -0.2) is 34.2 Å². The third kappa shape index (κ3) is 3.80. The molecule has 2 aromatic heterocycles. The number of rotatable bonds is 5. The lowest BCUT2D eigenvalue weighted by molar-refractivity contribution is -0.127. The van der Waals surface area contributed by atoms with E-state index >= 15 is 0 Å². The van der Waals surface area contributed by atoms with Gasteiger partial charge in [0.2, 0.25) is 0 Å². The molecule has 2 aromatic rings. The fourth-order valence-corrected chi connectivity index (χ4v) is 4.06. The molecule has 0 N–H and O–H groups in total. The van der Waals surface area contributed by atoms with E-state index < -0.39 is 12.1 Å². The number of hydrogen-bond acceptors (Lipinski definition) is 7. The summed E-state index contributed by atoms with van der Waals surface area (Å²) in [4.78, 5) is 31.6. The molecule has 0 spiro atoms. The highest BCUT2D eigenvalue weighted by Gasteiger charge is 2.34. The topological polar surface area (TPSA) is 85.5 Å². The summed E-state index contributed by atoms with van der Waals surface area (Å²) >= 11 is 1.42. The van der Waals surface area contributed by atoms with E-state index in [9.17, 15) is 9.59 Å². The van der Waals surface area contributed by atoms with Gasteiger partial charge in [0.05, 0.1) is 5.69 Å². The van der Waals surface area contributed by atoms with Crippen molar-refractivity contribution in [2.45, 2.75) is 65.0 Å². The zero-order valence-corrected chi connectivity index (χ0v) is 16.0. The van der Waals surface area contributed by atoms with Crippen LogP contribution in [0, 0.1) is 13.8 Å². The van der Waals surface area contributed by atoms with Crippen LogP contribution in [0.25, 0.3) is 0 Å². The van der Waals surface area contributed by atoms with Crippen molar-refractivity contribution in [2.75, 3.05) is 4.90 Å². The number of carbonyl (C=O) groups is 2. The molecule has 26 heavy (non-hydrogen) atoms. The number of ether oxygens (including phenoxy) is 1. The minimum absolute atomic E-state index is 0.0996. The number of amides is 1. The second kappa shape index (κ2) is 7.99. The Morgan fingerprint density at radius 3 is 2.62 bits per heavy atom. The Balaban J connectivity index is 1.76. The van der Waals surface area contributed by atoms with Gasteiger partial charge >= 0.3 is 5.97 Å². The predicted molar refractivity (Wildman–Crippen MR) is 97.3 cm³/mol. The van der Waals surface area contributed by atoms with Gasteiger partial charge in [-0.1, -0.05) is 24.4 Å². The number of nitrogens with zero attached hydrogens (tertiary/aromatic N) is 3. The Hall–Kier alpha value is -2.22. The van der Waals surface area contributed by atoms with Gasteiger partial charge in [0.25, 0.3) is 5.91 Å². The van der Waals surface area contributed by atoms with Gasteiger partial charge in [-0.15, -0.1) is 11.3 Å². The molecule has 1 unspecified atom stereocenters. The molecule has 2 heterocycles. The fourth-order valence-electron chi connectivity index (χ4n) is 3.34. The highest BCUT2D eigenvalue weighted by molar-refractivity contribution is 7.13. The number of esters is 1. The van der Waals surface area contributed by atoms with Gasteiger partial charge in [-0.3, -0.25) is 9.69 Å². The zero-order valence-electron chi connectivity index (χ0n) is 15.2. The van der Waals surface area contributed by atoms with E-state index in [1.54, 1.807) is 31.9 Å². The molecule has 0 bridgehead atoms. The molecule has 1 atom stereocenters. The average Bonchev–Trinajstić information content (AvgIpc) is 3.26. The molecule has 0 radical (unpaired) electrons. The van der Waals surface area contributed by atoms with Crippen LogP contribution in [0.2, 0.25) is 0 Å². The number of anilines is 1. The zero-order chi connectivity index (χ0) is 18.7. The number of thiazole rings is 1. The van der Waals surface area contributed by atoms with Crippen LogP contribution in [0.4, 0.5) is 5.13 Å². The SMILES string of the molecule is Cc1noc(C)c1C(=O)OC(C)C(=O)N(c1nccs1)C1CCCCC1. The molecule has 0 aromatic carbocycles. The molecule has 8 heteroatoms. The van der Waals surface area contributed by atoms with E-state index in [0.717, 1.165) is 25.7 Å². The van der Waals surface area contributed by atoms with Gasteiger partial charge in [-0.25, -0.2) is 9.78 Å². The van der Waals surface area contributed by atoms with E-state index in [1.807, 2.05) is 5.38 Å². The van der Waals surface area contributed by atoms with Crippen LogP contribution >= 0.6 is 11.3 Å². The van der Waals surface area contributed by atoms with Crippen molar-refractivity contribution in [3.8, 4) is 0 Å². The molecule has 1 amide bonds. The minimum Gasteiger partial charge on any atom is -0.449 e. The van der Waals surface area contributed by atoms with E-state index in [1.165, 1.54) is 17.8 Å². The highest BCUT2D eigenvalue weighted by Crippen LogP contribution is 2.30. The van der Waals surface area contributed by atoms with Crippen LogP contribution < -0.4 is 4.90 Å². The van der Waals surface area contributed by atoms with Gasteiger partial charge in [0.1, 0.15) is 11.3 Å². The summed E-state index contributed by atoms with van der Waals surface area (Å²) in [5, 5.41) is 6.26. The first-order valence-corrected chi connectivity index (χ1v) is 9.73. The van der Waals surface area contributed by atoms with Crippen LogP contribution in [0.5, 0.6) is 0 Å². The molecule has 0 aliphatic heterocycles. The van der Waals surface area contributed by atoms with Gasteiger partial charge in [0, 0.05) is 17.6 Å². The summed E-state index contributed by atoms with van der Waals surface area (Å²) in [6.45, 7) is 4.91. The lowest BCUT2D eigenvalue weighted by Crippen LogP contribution is -2.47. The Labute approximate surface area is 156 Å². The first-order valence-electron chi connectivity index (χ1n) is 8.85. The van der Waals surface area contributed by atoms with E-state index in [2.05, 4.69) is 10.1 Å². The second-order valence-corrected chi connectivity index (χ2v) is 7.43.